The molecule has 6 nitrogen and oxygen atoms in total. The van der Waals surface area contributed by atoms with Crippen LogP contribution in [0, 0.1) is 0 Å². The number of pyridine rings is 1. The molecule has 0 spiro atoms. The standard InChI is InChI=1S/C19H14ClN3O3/c20-14-4-5-18-12(8-14)7-13(11-25-18)19(24)22-10-15-9-17(23-26-15)16-3-1-2-6-21-16/h1-9H,10-11H2,(H,22,24). The number of ether oxygens (including phenoxy) is 1. The highest BCUT2D eigenvalue weighted by molar-refractivity contribution is 6.30. The summed E-state index contributed by atoms with van der Waals surface area (Å²) in [5.74, 6) is 1.02. The lowest BCUT2D eigenvalue weighted by Gasteiger charge is -2.17. The van der Waals surface area contributed by atoms with Crippen molar-refractivity contribution in [2.24, 2.45) is 0 Å². The highest BCUT2D eigenvalue weighted by Gasteiger charge is 2.18. The van der Waals surface area contributed by atoms with Crippen molar-refractivity contribution in [2.45, 2.75) is 6.54 Å². The molecule has 130 valence electrons. The second-order valence-corrected chi connectivity index (χ2v) is 6.15. The van der Waals surface area contributed by atoms with Crippen LogP contribution in [0.15, 0.2) is 58.8 Å². The van der Waals surface area contributed by atoms with Gasteiger partial charge in [-0.1, -0.05) is 22.8 Å². The molecule has 4 rings (SSSR count). The summed E-state index contributed by atoms with van der Waals surface area (Å²) in [7, 11) is 0. The Morgan fingerprint density at radius 1 is 1.19 bits per heavy atom. The van der Waals surface area contributed by atoms with Crippen molar-refractivity contribution in [3.8, 4) is 17.1 Å². The zero-order chi connectivity index (χ0) is 17.9. The van der Waals surface area contributed by atoms with E-state index in [2.05, 4.69) is 15.5 Å². The van der Waals surface area contributed by atoms with Crippen LogP contribution in [-0.4, -0.2) is 22.7 Å². The molecule has 0 bridgehead atoms. The van der Waals surface area contributed by atoms with Crippen LogP contribution in [0.2, 0.25) is 5.02 Å². The normalized spacial score (nSPS) is 12.7. The molecular formula is C19H14ClN3O3. The lowest BCUT2D eigenvalue weighted by atomic mass is 10.1. The smallest absolute Gasteiger partial charge is 0.251 e. The summed E-state index contributed by atoms with van der Waals surface area (Å²) < 4.78 is 10.9. The van der Waals surface area contributed by atoms with Crippen LogP contribution < -0.4 is 10.1 Å². The number of carbonyl (C=O) groups excluding carboxylic acids is 1. The van der Waals surface area contributed by atoms with Gasteiger partial charge in [0.2, 0.25) is 0 Å². The van der Waals surface area contributed by atoms with Crippen LogP contribution in [0.4, 0.5) is 0 Å². The summed E-state index contributed by atoms with van der Waals surface area (Å²) in [5, 5.41) is 7.37. The van der Waals surface area contributed by atoms with Crippen LogP contribution in [0.3, 0.4) is 0 Å². The minimum Gasteiger partial charge on any atom is -0.488 e. The van der Waals surface area contributed by atoms with Crippen molar-refractivity contribution >= 4 is 23.6 Å². The average Bonchev–Trinajstić information content (AvgIpc) is 3.15. The summed E-state index contributed by atoms with van der Waals surface area (Å²) >= 11 is 5.99. The third kappa shape index (κ3) is 3.45. The number of nitrogens with one attached hydrogen (secondary N) is 1. The maximum absolute atomic E-state index is 12.4. The van der Waals surface area contributed by atoms with E-state index in [-0.39, 0.29) is 19.1 Å². The fourth-order valence-electron chi connectivity index (χ4n) is 2.59. The summed E-state index contributed by atoms with van der Waals surface area (Å²) in [4.78, 5) is 16.6. The predicted octanol–water partition coefficient (Wildman–Crippen LogP) is 3.48. The van der Waals surface area contributed by atoms with Gasteiger partial charge in [-0.25, -0.2) is 0 Å². The molecule has 0 atom stereocenters. The van der Waals surface area contributed by atoms with Gasteiger partial charge in [0.15, 0.2) is 5.76 Å². The first-order valence-corrected chi connectivity index (χ1v) is 8.35. The molecule has 3 aromatic rings. The minimum absolute atomic E-state index is 0.204. The minimum atomic E-state index is -0.230. The first-order chi connectivity index (χ1) is 12.7. The summed E-state index contributed by atoms with van der Waals surface area (Å²) in [6.07, 6.45) is 3.46. The van der Waals surface area contributed by atoms with Crippen LogP contribution in [0.25, 0.3) is 17.5 Å². The second kappa shape index (κ2) is 7.01. The Labute approximate surface area is 154 Å². The molecule has 0 unspecified atom stereocenters. The average molecular weight is 368 g/mol. The lowest BCUT2D eigenvalue weighted by molar-refractivity contribution is -0.118. The number of fused-ring (bicyclic) bond motifs is 1. The number of aromatic nitrogens is 2. The Balaban J connectivity index is 1.43. The van der Waals surface area contributed by atoms with E-state index in [0.29, 0.717) is 33.5 Å². The molecule has 0 aliphatic carbocycles. The summed E-state index contributed by atoms with van der Waals surface area (Å²) in [6.45, 7) is 0.425. The molecule has 1 amide bonds. The van der Waals surface area contributed by atoms with E-state index in [4.69, 9.17) is 20.9 Å². The number of halogens is 1. The Kier molecular flexibility index (Phi) is 4.41. The van der Waals surface area contributed by atoms with Crippen LogP contribution in [0.1, 0.15) is 11.3 Å². The van der Waals surface area contributed by atoms with E-state index < -0.39 is 0 Å². The Morgan fingerprint density at radius 2 is 2.12 bits per heavy atom. The largest absolute Gasteiger partial charge is 0.488 e. The molecule has 0 saturated heterocycles. The Morgan fingerprint density at radius 3 is 2.96 bits per heavy atom. The third-order valence-corrected chi connectivity index (χ3v) is 4.12. The Bertz CT molecular complexity index is 983. The van der Waals surface area contributed by atoms with Gasteiger partial charge in [0.1, 0.15) is 18.1 Å². The molecule has 26 heavy (non-hydrogen) atoms. The molecule has 3 heterocycles. The number of hydrogen-bond acceptors (Lipinski definition) is 5. The molecule has 0 saturated carbocycles. The van der Waals surface area contributed by atoms with Crippen molar-refractivity contribution in [3.05, 3.63) is 70.6 Å². The molecule has 1 aromatic carbocycles. The number of nitrogens with zero attached hydrogens (tertiary/aromatic N) is 2. The molecule has 7 heteroatoms. The van der Waals surface area contributed by atoms with Crippen LogP contribution in [0.5, 0.6) is 5.75 Å². The SMILES string of the molecule is O=C(NCc1cc(-c2ccccn2)no1)C1=Cc2cc(Cl)ccc2OC1. The van der Waals surface area contributed by atoms with E-state index >= 15 is 0 Å². The molecule has 0 fully saturated rings. The van der Waals surface area contributed by atoms with Gasteiger partial charge in [-0.2, -0.15) is 0 Å². The molecule has 1 aliphatic rings. The van der Waals surface area contributed by atoms with Gasteiger partial charge >= 0.3 is 0 Å². The molecule has 1 N–H and O–H groups in total. The third-order valence-electron chi connectivity index (χ3n) is 3.89. The number of benzene rings is 1. The summed E-state index contributed by atoms with van der Waals surface area (Å²) in [6, 6.07) is 12.6. The van der Waals surface area contributed by atoms with E-state index in [1.165, 1.54) is 0 Å². The van der Waals surface area contributed by atoms with Gasteiger partial charge in [0.05, 0.1) is 17.8 Å². The first-order valence-electron chi connectivity index (χ1n) is 7.97. The van der Waals surface area contributed by atoms with Crippen molar-refractivity contribution in [2.75, 3.05) is 6.61 Å². The zero-order valence-electron chi connectivity index (χ0n) is 13.6. The van der Waals surface area contributed by atoms with Crippen LogP contribution >= 0.6 is 11.6 Å². The van der Waals surface area contributed by atoms with Gasteiger partial charge in [-0.3, -0.25) is 9.78 Å². The fraction of sp³-hybridized carbons (Fsp3) is 0.105. The maximum atomic E-state index is 12.4. The van der Waals surface area contributed by atoms with Crippen molar-refractivity contribution in [1.82, 2.24) is 15.5 Å². The summed E-state index contributed by atoms with van der Waals surface area (Å²) in [5.41, 5.74) is 2.64. The number of amides is 1. The van der Waals surface area contributed by atoms with Gasteiger partial charge in [0, 0.05) is 22.8 Å². The topological polar surface area (TPSA) is 77.3 Å². The van der Waals surface area contributed by atoms with Crippen molar-refractivity contribution in [1.29, 1.82) is 0 Å². The van der Waals surface area contributed by atoms with Gasteiger partial charge in [0.25, 0.3) is 5.91 Å². The van der Waals surface area contributed by atoms with Gasteiger partial charge in [-0.15, -0.1) is 0 Å². The quantitative estimate of drug-likeness (QED) is 0.763. The number of hydrogen-bond donors (Lipinski definition) is 1. The second-order valence-electron chi connectivity index (χ2n) is 5.72. The predicted molar refractivity (Wildman–Crippen MR) is 96.5 cm³/mol. The van der Waals surface area contributed by atoms with E-state index in [0.717, 1.165) is 5.56 Å². The first kappa shape index (κ1) is 16.4. The van der Waals surface area contributed by atoms with Crippen molar-refractivity contribution < 1.29 is 14.1 Å². The molecule has 0 radical (unpaired) electrons. The molecule has 1 aliphatic heterocycles. The van der Waals surface area contributed by atoms with Gasteiger partial charge < -0.3 is 14.6 Å². The zero-order valence-corrected chi connectivity index (χ0v) is 14.4. The van der Waals surface area contributed by atoms with E-state index in [1.807, 2.05) is 18.2 Å². The van der Waals surface area contributed by atoms with Crippen molar-refractivity contribution in [3.63, 3.8) is 0 Å². The maximum Gasteiger partial charge on any atom is 0.251 e. The highest BCUT2D eigenvalue weighted by atomic mass is 35.5. The fourth-order valence-corrected chi connectivity index (χ4v) is 2.77. The van der Waals surface area contributed by atoms with E-state index in [1.54, 1.807) is 36.5 Å². The Hall–Kier alpha value is -3.12. The number of rotatable bonds is 4. The van der Waals surface area contributed by atoms with Gasteiger partial charge in [-0.05, 0) is 36.4 Å². The highest BCUT2D eigenvalue weighted by Crippen LogP contribution is 2.29. The number of carbonyl (C=O) groups is 1. The molecular weight excluding hydrogens is 354 g/mol. The van der Waals surface area contributed by atoms with E-state index in [9.17, 15) is 4.79 Å². The lowest BCUT2D eigenvalue weighted by Crippen LogP contribution is -2.28. The monoisotopic (exact) mass is 367 g/mol. The van der Waals surface area contributed by atoms with Crippen LogP contribution in [-0.2, 0) is 11.3 Å². The molecule has 2 aromatic heterocycles.